The molecule has 21 heavy (non-hydrogen) atoms. The molecule has 2 aliphatic rings. The van der Waals surface area contributed by atoms with Crippen LogP contribution in [0.2, 0.25) is 5.02 Å². The highest BCUT2D eigenvalue weighted by molar-refractivity contribution is 6.30. The van der Waals surface area contributed by atoms with Crippen molar-refractivity contribution in [3.05, 3.63) is 35.2 Å². The van der Waals surface area contributed by atoms with E-state index >= 15 is 0 Å². The van der Waals surface area contributed by atoms with E-state index in [0.717, 1.165) is 50.1 Å². The summed E-state index contributed by atoms with van der Waals surface area (Å²) in [5.74, 6) is 2.88. The standard InChI is InChI=1S/C15H17ClN4O/c16-13-3-1-10(2-4-13)15-18-14(21-19-15)9-20-7-11-5-17-6-12(11)8-20/h1-4,11-12,17H,5-9H2/t11-,12+. The maximum atomic E-state index is 5.89. The molecule has 0 radical (unpaired) electrons. The van der Waals surface area contributed by atoms with E-state index in [1.807, 2.05) is 24.3 Å². The van der Waals surface area contributed by atoms with E-state index in [9.17, 15) is 0 Å². The molecule has 0 aliphatic carbocycles. The van der Waals surface area contributed by atoms with E-state index in [4.69, 9.17) is 16.1 Å². The second kappa shape index (κ2) is 5.40. The number of aromatic nitrogens is 2. The highest BCUT2D eigenvalue weighted by Gasteiger charge is 2.36. The zero-order valence-corrected chi connectivity index (χ0v) is 12.4. The molecule has 0 saturated carbocycles. The summed E-state index contributed by atoms with van der Waals surface area (Å²) in [4.78, 5) is 6.90. The van der Waals surface area contributed by atoms with Crippen molar-refractivity contribution in [1.82, 2.24) is 20.4 Å². The minimum absolute atomic E-state index is 0.628. The molecule has 2 aromatic rings. The van der Waals surface area contributed by atoms with Crippen LogP contribution in [0.5, 0.6) is 0 Å². The summed E-state index contributed by atoms with van der Waals surface area (Å²) >= 11 is 5.89. The molecule has 0 bridgehead atoms. The van der Waals surface area contributed by atoms with Crippen molar-refractivity contribution in [2.24, 2.45) is 11.8 Å². The Bertz CT molecular complexity index is 615. The first kappa shape index (κ1) is 13.2. The Labute approximate surface area is 128 Å². The minimum Gasteiger partial charge on any atom is -0.338 e. The highest BCUT2D eigenvalue weighted by Crippen LogP contribution is 2.27. The number of rotatable bonds is 3. The average molecular weight is 305 g/mol. The lowest BCUT2D eigenvalue weighted by molar-refractivity contribution is 0.253. The molecule has 5 nitrogen and oxygen atoms in total. The van der Waals surface area contributed by atoms with E-state index in [0.29, 0.717) is 16.7 Å². The number of benzene rings is 1. The van der Waals surface area contributed by atoms with Crippen LogP contribution < -0.4 is 5.32 Å². The molecule has 0 spiro atoms. The number of fused-ring (bicyclic) bond motifs is 1. The summed E-state index contributed by atoms with van der Waals surface area (Å²) in [6.45, 7) is 5.27. The predicted octanol–water partition coefficient (Wildman–Crippen LogP) is 2.04. The first-order valence-corrected chi connectivity index (χ1v) is 7.67. The van der Waals surface area contributed by atoms with Gasteiger partial charge in [0.05, 0.1) is 6.54 Å². The molecule has 2 atom stereocenters. The largest absolute Gasteiger partial charge is 0.338 e. The van der Waals surface area contributed by atoms with Gasteiger partial charge < -0.3 is 9.84 Å². The number of nitrogens with zero attached hydrogens (tertiary/aromatic N) is 3. The van der Waals surface area contributed by atoms with E-state index in [1.54, 1.807) is 0 Å². The third-order valence-electron chi connectivity index (χ3n) is 4.39. The summed E-state index contributed by atoms with van der Waals surface area (Å²) < 4.78 is 5.38. The Hall–Kier alpha value is -1.43. The Morgan fingerprint density at radius 3 is 2.62 bits per heavy atom. The van der Waals surface area contributed by atoms with E-state index < -0.39 is 0 Å². The molecule has 0 amide bonds. The summed E-state index contributed by atoms with van der Waals surface area (Å²) in [6, 6.07) is 7.48. The normalized spacial score (nSPS) is 25.4. The van der Waals surface area contributed by atoms with Crippen molar-refractivity contribution in [2.75, 3.05) is 26.2 Å². The second-order valence-electron chi connectivity index (χ2n) is 5.89. The van der Waals surface area contributed by atoms with Gasteiger partial charge in [0.15, 0.2) is 0 Å². The van der Waals surface area contributed by atoms with Gasteiger partial charge in [0.2, 0.25) is 11.7 Å². The van der Waals surface area contributed by atoms with Gasteiger partial charge in [0, 0.05) is 23.7 Å². The lowest BCUT2D eigenvalue weighted by Crippen LogP contribution is -2.25. The van der Waals surface area contributed by atoms with Crippen molar-refractivity contribution in [3.63, 3.8) is 0 Å². The Kier molecular flexibility index (Phi) is 3.41. The van der Waals surface area contributed by atoms with Crippen LogP contribution in [0.4, 0.5) is 0 Å². The number of halogens is 1. The van der Waals surface area contributed by atoms with Crippen LogP contribution >= 0.6 is 11.6 Å². The van der Waals surface area contributed by atoms with Gasteiger partial charge >= 0.3 is 0 Å². The van der Waals surface area contributed by atoms with Crippen molar-refractivity contribution < 1.29 is 4.52 Å². The quantitative estimate of drug-likeness (QED) is 0.940. The third-order valence-corrected chi connectivity index (χ3v) is 4.65. The molecule has 1 aromatic heterocycles. The summed E-state index contributed by atoms with van der Waals surface area (Å²) in [5.41, 5.74) is 0.928. The van der Waals surface area contributed by atoms with Crippen LogP contribution in [0.1, 0.15) is 5.89 Å². The predicted molar refractivity (Wildman–Crippen MR) is 79.9 cm³/mol. The lowest BCUT2D eigenvalue weighted by Gasteiger charge is -2.13. The van der Waals surface area contributed by atoms with Gasteiger partial charge in [-0.05, 0) is 49.2 Å². The molecule has 0 unspecified atom stereocenters. The second-order valence-corrected chi connectivity index (χ2v) is 6.33. The number of hydrogen-bond donors (Lipinski definition) is 1. The van der Waals surface area contributed by atoms with Crippen LogP contribution in [-0.4, -0.2) is 41.2 Å². The Morgan fingerprint density at radius 1 is 1.19 bits per heavy atom. The van der Waals surface area contributed by atoms with Crippen molar-refractivity contribution in [3.8, 4) is 11.4 Å². The molecule has 2 aliphatic heterocycles. The fourth-order valence-electron chi connectivity index (χ4n) is 3.31. The van der Waals surface area contributed by atoms with Gasteiger partial charge in [-0.25, -0.2) is 0 Å². The van der Waals surface area contributed by atoms with Crippen LogP contribution in [0.25, 0.3) is 11.4 Å². The van der Waals surface area contributed by atoms with Crippen LogP contribution in [0.15, 0.2) is 28.8 Å². The molecular formula is C15H17ClN4O. The fourth-order valence-corrected chi connectivity index (χ4v) is 3.43. The monoisotopic (exact) mass is 304 g/mol. The summed E-state index contributed by atoms with van der Waals surface area (Å²) in [6.07, 6.45) is 0. The molecule has 2 fully saturated rings. The van der Waals surface area contributed by atoms with E-state index in [2.05, 4.69) is 20.4 Å². The zero-order chi connectivity index (χ0) is 14.2. The maximum Gasteiger partial charge on any atom is 0.241 e. The number of hydrogen-bond acceptors (Lipinski definition) is 5. The van der Waals surface area contributed by atoms with Crippen LogP contribution in [0, 0.1) is 11.8 Å². The van der Waals surface area contributed by atoms with Gasteiger partial charge in [-0.1, -0.05) is 16.8 Å². The molecule has 110 valence electrons. The number of nitrogens with one attached hydrogen (secondary N) is 1. The average Bonchev–Trinajstić information content (AvgIpc) is 3.16. The topological polar surface area (TPSA) is 54.2 Å². The molecular weight excluding hydrogens is 288 g/mol. The van der Waals surface area contributed by atoms with Gasteiger partial charge in [0.1, 0.15) is 0 Å². The molecule has 3 heterocycles. The maximum absolute atomic E-state index is 5.89. The third kappa shape index (κ3) is 2.69. The zero-order valence-electron chi connectivity index (χ0n) is 11.6. The van der Waals surface area contributed by atoms with Gasteiger partial charge in [-0.2, -0.15) is 4.98 Å². The molecule has 1 N–H and O–H groups in total. The highest BCUT2D eigenvalue weighted by atomic mass is 35.5. The van der Waals surface area contributed by atoms with E-state index in [1.165, 1.54) is 0 Å². The lowest BCUT2D eigenvalue weighted by atomic mass is 10.0. The van der Waals surface area contributed by atoms with Gasteiger partial charge in [-0.15, -0.1) is 0 Å². The number of likely N-dealkylation sites (tertiary alicyclic amines) is 1. The minimum atomic E-state index is 0.628. The van der Waals surface area contributed by atoms with Crippen molar-refractivity contribution in [1.29, 1.82) is 0 Å². The molecule has 4 rings (SSSR count). The molecule has 1 aromatic carbocycles. The fraction of sp³-hybridized carbons (Fsp3) is 0.467. The summed E-state index contributed by atoms with van der Waals surface area (Å²) in [5, 5.41) is 8.22. The van der Waals surface area contributed by atoms with Crippen molar-refractivity contribution >= 4 is 11.6 Å². The smallest absolute Gasteiger partial charge is 0.241 e. The molecule has 2 saturated heterocycles. The SMILES string of the molecule is Clc1ccc(-c2noc(CN3C[C@H]4CNC[C@H]4C3)n2)cc1. The van der Waals surface area contributed by atoms with Crippen LogP contribution in [0.3, 0.4) is 0 Å². The Balaban J connectivity index is 1.44. The van der Waals surface area contributed by atoms with Gasteiger partial charge in [0.25, 0.3) is 0 Å². The Morgan fingerprint density at radius 2 is 1.90 bits per heavy atom. The van der Waals surface area contributed by atoms with Crippen molar-refractivity contribution in [2.45, 2.75) is 6.54 Å². The van der Waals surface area contributed by atoms with Gasteiger partial charge in [-0.3, -0.25) is 4.90 Å². The van der Waals surface area contributed by atoms with E-state index in [-0.39, 0.29) is 0 Å². The first-order valence-electron chi connectivity index (χ1n) is 7.29. The summed E-state index contributed by atoms with van der Waals surface area (Å²) in [7, 11) is 0. The van der Waals surface area contributed by atoms with Crippen LogP contribution in [-0.2, 0) is 6.54 Å². The molecule has 6 heteroatoms. The first-order chi connectivity index (χ1) is 10.3.